The number of halogens is 4. The van der Waals surface area contributed by atoms with Crippen molar-refractivity contribution in [2.45, 2.75) is 6.18 Å². The second-order valence-corrected chi connectivity index (χ2v) is 6.16. The first-order chi connectivity index (χ1) is 14.6. The van der Waals surface area contributed by atoms with Gasteiger partial charge in [0.2, 0.25) is 0 Å². The summed E-state index contributed by atoms with van der Waals surface area (Å²) in [7, 11) is 0. The molecule has 0 aliphatic heterocycles. The number of hydrogen-bond donors (Lipinski definition) is 3. The number of amidine groups is 1. The van der Waals surface area contributed by atoms with Crippen LogP contribution in [-0.2, 0) is 11.0 Å². The molecule has 2 rings (SSSR count). The van der Waals surface area contributed by atoms with Crippen LogP contribution in [0.25, 0.3) is 0 Å². The molecule has 0 aliphatic carbocycles. The van der Waals surface area contributed by atoms with E-state index in [1.165, 1.54) is 12.3 Å². The molecular formula is C18H15ClF3N7O2. The maximum absolute atomic E-state index is 12.6. The van der Waals surface area contributed by atoms with Gasteiger partial charge in [-0.15, -0.1) is 5.11 Å². The second-order valence-electron chi connectivity index (χ2n) is 5.76. The van der Waals surface area contributed by atoms with Crippen LogP contribution < -0.4 is 11.6 Å². The molecule has 1 aromatic heterocycles. The lowest BCUT2D eigenvalue weighted by Crippen LogP contribution is -2.14. The fourth-order valence-electron chi connectivity index (χ4n) is 2.09. The van der Waals surface area contributed by atoms with E-state index in [-0.39, 0.29) is 34.5 Å². The summed E-state index contributed by atoms with van der Waals surface area (Å²) in [6.07, 6.45) is -2.05. The van der Waals surface area contributed by atoms with Crippen molar-refractivity contribution in [3.8, 4) is 0 Å². The molecule has 0 aliphatic rings. The SMILES string of the molecule is N/N=C(\N=NC/C(N)=C/C(=N/c1ncccc1Cl)C(=O)O)c1ccc(C(F)(F)F)cc1. The number of nitrogens with zero attached hydrogens (tertiary/aromatic N) is 5. The van der Waals surface area contributed by atoms with E-state index >= 15 is 0 Å². The second kappa shape index (κ2) is 10.3. The van der Waals surface area contributed by atoms with Gasteiger partial charge in [0.1, 0.15) is 0 Å². The first-order valence-corrected chi connectivity index (χ1v) is 8.71. The number of nitrogens with two attached hydrogens (primary N) is 2. The Labute approximate surface area is 178 Å². The van der Waals surface area contributed by atoms with Gasteiger partial charge < -0.3 is 16.7 Å². The average molecular weight is 454 g/mol. The molecule has 13 heteroatoms. The number of carboxylic acid groups (broad SMARTS) is 1. The molecule has 1 aromatic carbocycles. The molecular weight excluding hydrogens is 439 g/mol. The first kappa shape index (κ1) is 23.5. The maximum atomic E-state index is 12.6. The van der Waals surface area contributed by atoms with Gasteiger partial charge in [-0.05, 0) is 30.3 Å². The molecule has 0 unspecified atom stereocenters. The molecule has 5 N–H and O–H groups in total. The smallest absolute Gasteiger partial charge is 0.416 e. The molecule has 0 saturated carbocycles. The number of carbonyl (C=O) groups is 1. The molecule has 0 saturated heterocycles. The van der Waals surface area contributed by atoms with Gasteiger partial charge in [-0.2, -0.15) is 23.4 Å². The fourth-order valence-corrected chi connectivity index (χ4v) is 2.25. The quantitative estimate of drug-likeness (QED) is 0.201. The maximum Gasteiger partial charge on any atom is 0.416 e. The monoisotopic (exact) mass is 453 g/mol. The van der Waals surface area contributed by atoms with Crippen molar-refractivity contribution in [2.24, 2.45) is 31.9 Å². The van der Waals surface area contributed by atoms with E-state index in [0.29, 0.717) is 0 Å². The standard InChI is InChI=1S/C18H15ClF3N7O2/c19-13-2-1-7-25-16(13)27-14(17(30)31)8-12(23)9-26-29-15(28-24)10-3-5-11(6-4-10)18(20,21)22/h1-8H,9,23-24H2,(H,30,31)/b12-8-,27-14-,28-15-,29-26?. The predicted octanol–water partition coefficient (Wildman–Crippen LogP) is 3.53. The average Bonchev–Trinajstić information content (AvgIpc) is 2.71. The Morgan fingerprint density at radius 2 is 1.90 bits per heavy atom. The van der Waals surface area contributed by atoms with E-state index in [4.69, 9.17) is 23.2 Å². The minimum Gasteiger partial charge on any atom is -0.477 e. The van der Waals surface area contributed by atoms with Gasteiger partial charge in [-0.1, -0.05) is 23.7 Å². The molecule has 1 heterocycles. The lowest BCUT2D eigenvalue weighted by Gasteiger charge is -2.06. The zero-order chi connectivity index (χ0) is 23.0. The van der Waals surface area contributed by atoms with Crippen LogP contribution >= 0.6 is 11.6 Å². The normalized spacial score (nSPS) is 13.6. The van der Waals surface area contributed by atoms with E-state index < -0.39 is 23.4 Å². The number of aromatic nitrogens is 1. The highest BCUT2D eigenvalue weighted by molar-refractivity contribution is 6.41. The predicted molar refractivity (Wildman–Crippen MR) is 108 cm³/mol. The van der Waals surface area contributed by atoms with Crippen molar-refractivity contribution in [1.82, 2.24) is 4.98 Å². The zero-order valence-electron chi connectivity index (χ0n) is 15.6. The van der Waals surface area contributed by atoms with Crippen molar-refractivity contribution in [1.29, 1.82) is 0 Å². The van der Waals surface area contributed by atoms with E-state index in [0.717, 1.165) is 30.3 Å². The van der Waals surface area contributed by atoms with E-state index in [9.17, 15) is 23.1 Å². The highest BCUT2D eigenvalue weighted by atomic mass is 35.5. The van der Waals surface area contributed by atoms with Gasteiger partial charge in [-0.25, -0.2) is 14.8 Å². The van der Waals surface area contributed by atoms with Crippen LogP contribution in [0.15, 0.2) is 74.7 Å². The first-order valence-electron chi connectivity index (χ1n) is 8.33. The van der Waals surface area contributed by atoms with Crippen molar-refractivity contribution in [3.63, 3.8) is 0 Å². The third kappa shape index (κ3) is 6.89. The summed E-state index contributed by atoms with van der Waals surface area (Å²) >= 11 is 5.90. The highest BCUT2D eigenvalue weighted by Crippen LogP contribution is 2.29. The van der Waals surface area contributed by atoms with Gasteiger partial charge >= 0.3 is 12.1 Å². The van der Waals surface area contributed by atoms with Crippen LogP contribution in [-0.4, -0.2) is 34.2 Å². The van der Waals surface area contributed by atoms with Crippen molar-refractivity contribution < 1.29 is 23.1 Å². The summed E-state index contributed by atoms with van der Waals surface area (Å²) < 4.78 is 37.9. The topological polar surface area (TPSA) is 152 Å². The molecule has 162 valence electrons. The fraction of sp³-hybridized carbons (Fsp3) is 0.111. The number of aliphatic carboxylic acids is 1. The largest absolute Gasteiger partial charge is 0.477 e. The number of pyridine rings is 1. The molecule has 2 aromatic rings. The Bertz CT molecular complexity index is 1060. The minimum absolute atomic E-state index is 0.00732. The zero-order valence-corrected chi connectivity index (χ0v) is 16.3. The van der Waals surface area contributed by atoms with Crippen LogP contribution in [0, 0.1) is 0 Å². The van der Waals surface area contributed by atoms with Crippen LogP contribution in [0.3, 0.4) is 0 Å². The third-order valence-corrected chi connectivity index (χ3v) is 3.81. The number of carboxylic acids is 1. The van der Waals surface area contributed by atoms with Crippen LogP contribution in [0.1, 0.15) is 11.1 Å². The van der Waals surface area contributed by atoms with Crippen molar-refractivity contribution >= 4 is 34.9 Å². The summed E-state index contributed by atoms with van der Waals surface area (Å²) in [6, 6.07) is 7.02. The number of aliphatic imine (C=N–C) groups is 1. The van der Waals surface area contributed by atoms with Crippen LogP contribution in [0.4, 0.5) is 19.0 Å². The molecule has 31 heavy (non-hydrogen) atoms. The summed E-state index contributed by atoms with van der Waals surface area (Å²) in [4.78, 5) is 19.1. The summed E-state index contributed by atoms with van der Waals surface area (Å²) in [5.74, 6) is 3.68. The number of hydrogen-bond acceptors (Lipinski definition) is 7. The molecule has 0 fully saturated rings. The molecule has 0 spiro atoms. The van der Waals surface area contributed by atoms with Crippen LogP contribution in [0.5, 0.6) is 0 Å². The molecule has 9 nitrogen and oxygen atoms in total. The van der Waals surface area contributed by atoms with E-state index in [1.807, 2.05) is 0 Å². The van der Waals surface area contributed by atoms with Gasteiger partial charge in [0.05, 0.1) is 17.1 Å². The number of azo groups is 1. The van der Waals surface area contributed by atoms with E-state index in [1.54, 1.807) is 6.07 Å². The number of hydrazone groups is 1. The Kier molecular flexibility index (Phi) is 7.80. The van der Waals surface area contributed by atoms with Gasteiger partial charge in [0.15, 0.2) is 17.4 Å². The number of alkyl halides is 3. The summed E-state index contributed by atoms with van der Waals surface area (Å²) in [5, 5.41) is 20.3. The number of benzene rings is 1. The Hall–Kier alpha value is -3.80. The highest BCUT2D eigenvalue weighted by Gasteiger charge is 2.30. The summed E-state index contributed by atoms with van der Waals surface area (Å²) in [6.45, 7) is -0.262. The van der Waals surface area contributed by atoms with E-state index in [2.05, 4.69) is 25.3 Å². The minimum atomic E-state index is -4.48. The van der Waals surface area contributed by atoms with Crippen LogP contribution in [0.2, 0.25) is 5.02 Å². The Morgan fingerprint density at radius 1 is 1.23 bits per heavy atom. The van der Waals surface area contributed by atoms with Gasteiger partial charge in [0, 0.05) is 17.5 Å². The van der Waals surface area contributed by atoms with Gasteiger partial charge in [0.25, 0.3) is 0 Å². The van der Waals surface area contributed by atoms with Crippen molar-refractivity contribution in [3.05, 3.63) is 70.5 Å². The molecule has 0 atom stereocenters. The molecule has 0 radical (unpaired) electrons. The summed E-state index contributed by atoms with van der Waals surface area (Å²) in [5.41, 5.74) is 4.64. The molecule has 0 bridgehead atoms. The number of rotatable bonds is 6. The molecule has 0 amide bonds. The Morgan fingerprint density at radius 3 is 2.45 bits per heavy atom. The lowest BCUT2D eigenvalue weighted by atomic mass is 10.1. The third-order valence-electron chi connectivity index (χ3n) is 3.52. The lowest BCUT2D eigenvalue weighted by molar-refractivity contribution is -0.137. The van der Waals surface area contributed by atoms with Gasteiger partial charge in [-0.3, -0.25) is 0 Å². The van der Waals surface area contributed by atoms with Crippen molar-refractivity contribution in [2.75, 3.05) is 6.54 Å². The Balaban J connectivity index is 2.14.